The number of halogens is 1. The molecule has 0 unspecified atom stereocenters. The van der Waals surface area contributed by atoms with Gasteiger partial charge in [0.2, 0.25) is 0 Å². The Morgan fingerprint density at radius 3 is 2.72 bits per heavy atom. The second-order valence-electron chi connectivity index (χ2n) is 5.78. The molecular weight excluding hydrogens is 225 g/mol. The number of benzene rings is 1. The summed E-state index contributed by atoms with van der Waals surface area (Å²) < 4.78 is 13.3. The Morgan fingerprint density at radius 1 is 1.33 bits per heavy atom. The summed E-state index contributed by atoms with van der Waals surface area (Å²) in [5.41, 5.74) is 2.79. The molecule has 0 radical (unpaired) electrons. The Bertz CT molecular complexity index is 396. The maximum Gasteiger partial charge on any atom is 0.123 e. The lowest BCUT2D eigenvalue weighted by molar-refractivity contribution is 0.130. The van der Waals surface area contributed by atoms with E-state index in [9.17, 15) is 4.39 Å². The zero-order chi connectivity index (χ0) is 13.0. The monoisotopic (exact) mass is 249 g/mol. The van der Waals surface area contributed by atoms with E-state index in [1.807, 2.05) is 6.07 Å². The van der Waals surface area contributed by atoms with E-state index in [2.05, 4.69) is 19.2 Å². The quantitative estimate of drug-likeness (QED) is 0.755. The zero-order valence-corrected chi connectivity index (χ0v) is 11.6. The fraction of sp³-hybridized carbons (Fsp3) is 0.625. The predicted molar refractivity (Wildman–Crippen MR) is 74.3 cm³/mol. The number of hydrogen-bond acceptors (Lipinski definition) is 1. The maximum absolute atomic E-state index is 13.3. The maximum atomic E-state index is 13.3. The summed E-state index contributed by atoms with van der Waals surface area (Å²) in [4.78, 5) is 0. The third-order valence-corrected chi connectivity index (χ3v) is 4.22. The first-order valence-electron chi connectivity index (χ1n) is 7.11. The lowest BCUT2D eigenvalue weighted by Gasteiger charge is -2.43. The predicted octanol–water partition coefficient (Wildman–Crippen LogP) is 3.85. The SMILES string of the molecule is CCCNCC1(Cc2cc(F)ccc2C)CCC1. The Kier molecular flexibility index (Phi) is 4.39. The Balaban J connectivity index is 2.03. The summed E-state index contributed by atoms with van der Waals surface area (Å²) in [5, 5.41) is 3.54. The minimum absolute atomic E-state index is 0.105. The van der Waals surface area contributed by atoms with Crippen LogP contribution in [-0.2, 0) is 6.42 Å². The van der Waals surface area contributed by atoms with Crippen LogP contribution in [0, 0.1) is 18.2 Å². The molecule has 1 fully saturated rings. The van der Waals surface area contributed by atoms with Gasteiger partial charge in [-0.05, 0) is 67.8 Å². The number of hydrogen-bond donors (Lipinski definition) is 1. The van der Waals surface area contributed by atoms with Gasteiger partial charge in [-0.1, -0.05) is 19.4 Å². The fourth-order valence-corrected chi connectivity index (χ4v) is 2.86. The van der Waals surface area contributed by atoms with Crippen molar-refractivity contribution in [2.75, 3.05) is 13.1 Å². The van der Waals surface area contributed by atoms with Gasteiger partial charge in [-0.25, -0.2) is 4.39 Å². The highest BCUT2D eigenvalue weighted by Gasteiger charge is 2.36. The zero-order valence-electron chi connectivity index (χ0n) is 11.6. The van der Waals surface area contributed by atoms with Crippen molar-refractivity contribution in [3.8, 4) is 0 Å². The van der Waals surface area contributed by atoms with E-state index in [0.717, 1.165) is 19.5 Å². The molecule has 0 atom stereocenters. The van der Waals surface area contributed by atoms with E-state index in [1.165, 1.54) is 36.8 Å². The molecule has 100 valence electrons. The van der Waals surface area contributed by atoms with Crippen LogP contribution in [0.2, 0.25) is 0 Å². The average Bonchev–Trinajstić information content (AvgIpc) is 2.30. The van der Waals surface area contributed by atoms with E-state index >= 15 is 0 Å². The van der Waals surface area contributed by atoms with E-state index < -0.39 is 0 Å². The summed E-state index contributed by atoms with van der Waals surface area (Å²) in [6.07, 6.45) is 6.07. The van der Waals surface area contributed by atoms with Gasteiger partial charge in [0.15, 0.2) is 0 Å². The summed E-state index contributed by atoms with van der Waals surface area (Å²) >= 11 is 0. The topological polar surface area (TPSA) is 12.0 Å². The van der Waals surface area contributed by atoms with Crippen LogP contribution in [0.1, 0.15) is 43.7 Å². The molecule has 1 saturated carbocycles. The molecule has 2 heteroatoms. The van der Waals surface area contributed by atoms with Crippen molar-refractivity contribution in [3.05, 3.63) is 35.1 Å². The van der Waals surface area contributed by atoms with E-state index in [-0.39, 0.29) is 5.82 Å². The summed E-state index contributed by atoms with van der Waals surface area (Å²) in [5.74, 6) is -0.105. The highest BCUT2D eigenvalue weighted by Crippen LogP contribution is 2.43. The minimum Gasteiger partial charge on any atom is -0.316 e. The fourth-order valence-electron chi connectivity index (χ4n) is 2.86. The molecule has 1 aromatic carbocycles. The van der Waals surface area contributed by atoms with E-state index in [0.29, 0.717) is 5.41 Å². The van der Waals surface area contributed by atoms with Crippen LogP contribution >= 0.6 is 0 Å². The van der Waals surface area contributed by atoms with Crippen molar-refractivity contribution in [1.29, 1.82) is 0 Å². The first-order valence-corrected chi connectivity index (χ1v) is 7.11. The van der Waals surface area contributed by atoms with Crippen molar-refractivity contribution in [2.45, 2.75) is 46.0 Å². The van der Waals surface area contributed by atoms with Gasteiger partial charge in [0, 0.05) is 6.54 Å². The molecule has 0 amide bonds. The van der Waals surface area contributed by atoms with Crippen molar-refractivity contribution in [2.24, 2.45) is 5.41 Å². The molecule has 0 aliphatic heterocycles. The van der Waals surface area contributed by atoms with Crippen LogP contribution in [0.15, 0.2) is 18.2 Å². The van der Waals surface area contributed by atoms with E-state index in [1.54, 1.807) is 12.1 Å². The van der Waals surface area contributed by atoms with Gasteiger partial charge in [-0.3, -0.25) is 0 Å². The lowest BCUT2D eigenvalue weighted by Crippen LogP contribution is -2.42. The highest BCUT2D eigenvalue weighted by atomic mass is 19.1. The Labute approximate surface area is 110 Å². The molecule has 1 aliphatic carbocycles. The molecule has 1 N–H and O–H groups in total. The van der Waals surface area contributed by atoms with Gasteiger partial charge >= 0.3 is 0 Å². The molecule has 0 spiro atoms. The van der Waals surface area contributed by atoms with Crippen LogP contribution in [0.25, 0.3) is 0 Å². The number of nitrogens with one attached hydrogen (secondary N) is 1. The smallest absolute Gasteiger partial charge is 0.123 e. The summed E-state index contributed by atoms with van der Waals surface area (Å²) in [6.45, 7) is 6.44. The third kappa shape index (κ3) is 3.11. The standard InChI is InChI=1S/C16H24FN/c1-3-9-18-12-16(7-4-8-16)11-14-10-15(17)6-5-13(14)2/h5-6,10,18H,3-4,7-9,11-12H2,1-2H3. The van der Waals surface area contributed by atoms with Crippen LogP contribution in [-0.4, -0.2) is 13.1 Å². The molecule has 1 nitrogen and oxygen atoms in total. The molecule has 0 bridgehead atoms. The molecule has 0 aromatic heterocycles. The van der Waals surface area contributed by atoms with E-state index in [4.69, 9.17) is 0 Å². The van der Waals surface area contributed by atoms with Crippen LogP contribution in [0.4, 0.5) is 4.39 Å². The van der Waals surface area contributed by atoms with Crippen LogP contribution in [0.3, 0.4) is 0 Å². The summed E-state index contributed by atoms with van der Waals surface area (Å²) in [7, 11) is 0. The van der Waals surface area contributed by atoms with Gasteiger partial charge in [0.25, 0.3) is 0 Å². The number of rotatable bonds is 6. The Morgan fingerprint density at radius 2 is 2.11 bits per heavy atom. The minimum atomic E-state index is -0.105. The normalized spacial score (nSPS) is 17.5. The van der Waals surface area contributed by atoms with Crippen LogP contribution in [0.5, 0.6) is 0 Å². The highest BCUT2D eigenvalue weighted by molar-refractivity contribution is 5.28. The van der Waals surface area contributed by atoms with Gasteiger partial charge in [0.1, 0.15) is 5.82 Å². The molecule has 2 rings (SSSR count). The van der Waals surface area contributed by atoms with Crippen molar-refractivity contribution in [3.63, 3.8) is 0 Å². The first-order chi connectivity index (χ1) is 8.65. The average molecular weight is 249 g/mol. The second-order valence-corrected chi connectivity index (χ2v) is 5.78. The van der Waals surface area contributed by atoms with Crippen LogP contribution < -0.4 is 5.32 Å². The Hall–Kier alpha value is -0.890. The molecule has 1 aliphatic rings. The van der Waals surface area contributed by atoms with Crippen molar-refractivity contribution >= 4 is 0 Å². The first kappa shape index (κ1) is 13.5. The van der Waals surface area contributed by atoms with Gasteiger partial charge in [-0.2, -0.15) is 0 Å². The lowest BCUT2D eigenvalue weighted by atomic mass is 9.65. The molecular formula is C16H24FN. The van der Waals surface area contributed by atoms with Gasteiger partial charge in [0.05, 0.1) is 0 Å². The molecule has 1 aromatic rings. The van der Waals surface area contributed by atoms with Crippen molar-refractivity contribution < 1.29 is 4.39 Å². The second kappa shape index (κ2) is 5.83. The molecule has 0 saturated heterocycles. The number of aryl methyl sites for hydroxylation is 1. The van der Waals surface area contributed by atoms with Gasteiger partial charge < -0.3 is 5.32 Å². The van der Waals surface area contributed by atoms with Crippen molar-refractivity contribution in [1.82, 2.24) is 5.32 Å². The molecule has 0 heterocycles. The molecule has 18 heavy (non-hydrogen) atoms. The largest absolute Gasteiger partial charge is 0.316 e. The summed E-state index contributed by atoms with van der Waals surface area (Å²) in [6, 6.07) is 5.17. The third-order valence-electron chi connectivity index (χ3n) is 4.22. The van der Waals surface area contributed by atoms with Gasteiger partial charge in [-0.15, -0.1) is 0 Å².